The highest BCUT2D eigenvalue weighted by atomic mass is 32.2. The van der Waals surface area contributed by atoms with Crippen LogP contribution in [0.5, 0.6) is 5.75 Å². The molecule has 10 nitrogen and oxygen atoms in total. The van der Waals surface area contributed by atoms with Gasteiger partial charge in [-0.25, -0.2) is 4.68 Å². The molecule has 1 aromatic heterocycles. The van der Waals surface area contributed by atoms with Crippen molar-refractivity contribution >= 4 is 35.1 Å². The molecule has 1 amide bonds. The van der Waals surface area contributed by atoms with Gasteiger partial charge in [0.1, 0.15) is 0 Å². The number of hydrogen-bond donors (Lipinski definition) is 1. The van der Waals surface area contributed by atoms with Crippen LogP contribution in [0.4, 0.5) is 5.69 Å². The molecule has 152 valence electrons. The summed E-state index contributed by atoms with van der Waals surface area (Å²) in [4.78, 5) is 24.3. The summed E-state index contributed by atoms with van der Waals surface area (Å²) in [5, 5.41) is 19.9. The van der Waals surface area contributed by atoms with Crippen LogP contribution in [-0.4, -0.2) is 61.8 Å². The number of nitrogen functional groups attached to an aromatic ring is 1. The first-order chi connectivity index (χ1) is 13.5. The molecule has 0 saturated heterocycles. The smallest absolute Gasteiger partial charge is 0.310 e. The van der Waals surface area contributed by atoms with Crippen LogP contribution in [-0.2, 0) is 4.79 Å². The first-order valence-corrected chi connectivity index (χ1v) is 10.5. The molecule has 0 saturated carbocycles. The monoisotopic (exact) mass is 426 g/mol. The van der Waals surface area contributed by atoms with Crippen LogP contribution in [0.1, 0.15) is 13.8 Å². The molecule has 1 aromatic carbocycles. The van der Waals surface area contributed by atoms with Crippen molar-refractivity contribution in [3.8, 4) is 5.75 Å². The summed E-state index contributed by atoms with van der Waals surface area (Å²) in [5.74, 6) is 6.93. The average Bonchev–Trinajstić information content (AvgIpc) is 3.04. The first kappa shape index (κ1) is 21.8. The zero-order valence-electron chi connectivity index (χ0n) is 15.6. The van der Waals surface area contributed by atoms with Gasteiger partial charge in [-0.15, -0.1) is 10.2 Å². The van der Waals surface area contributed by atoms with Gasteiger partial charge in [0.05, 0.1) is 17.3 Å². The molecule has 12 heteroatoms. The second-order valence-corrected chi connectivity index (χ2v) is 7.42. The molecule has 2 N–H and O–H groups in total. The Hall–Kier alpha value is -2.47. The number of hydrogen-bond acceptors (Lipinski definition) is 9. The predicted molar refractivity (Wildman–Crippen MR) is 108 cm³/mol. The van der Waals surface area contributed by atoms with Gasteiger partial charge in [0.25, 0.3) is 0 Å². The van der Waals surface area contributed by atoms with Crippen molar-refractivity contribution < 1.29 is 14.5 Å². The number of nitrogens with two attached hydrogens (primary N) is 1. The summed E-state index contributed by atoms with van der Waals surface area (Å²) in [6.45, 7) is 5.42. The second kappa shape index (κ2) is 10.8. The molecule has 0 aliphatic heterocycles. The Kier molecular flexibility index (Phi) is 8.39. The molecule has 0 atom stereocenters. The van der Waals surface area contributed by atoms with Gasteiger partial charge in [-0.3, -0.25) is 14.9 Å². The van der Waals surface area contributed by atoms with Gasteiger partial charge < -0.3 is 15.5 Å². The Balaban J connectivity index is 1.83. The fourth-order valence-corrected chi connectivity index (χ4v) is 3.76. The van der Waals surface area contributed by atoms with Crippen LogP contribution in [0.15, 0.2) is 34.6 Å². The second-order valence-electron chi connectivity index (χ2n) is 5.41. The van der Waals surface area contributed by atoms with Crippen molar-refractivity contribution in [1.29, 1.82) is 0 Å². The standard InChI is InChI=1S/C16H22N6O4S2/c1-3-20(4-2)14(23)11-28-16-19-18-15(21(16)17)27-10-9-26-13-8-6-5-7-12(13)22(24)25/h5-8H,3-4,9-11,17H2,1-2H3. The van der Waals surface area contributed by atoms with Crippen molar-refractivity contribution in [1.82, 2.24) is 19.8 Å². The van der Waals surface area contributed by atoms with E-state index >= 15 is 0 Å². The van der Waals surface area contributed by atoms with Crippen molar-refractivity contribution in [3.63, 3.8) is 0 Å². The normalized spacial score (nSPS) is 10.6. The maximum absolute atomic E-state index is 12.1. The molecule has 2 rings (SSSR count). The van der Waals surface area contributed by atoms with Gasteiger partial charge >= 0.3 is 5.69 Å². The maximum atomic E-state index is 12.1. The molecule has 0 spiro atoms. The highest BCUT2D eigenvalue weighted by Crippen LogP contribution is 2.26. The quantitative estimate of drug-likeness (QED) is 0.188. The lowest BCUT2D eigenvalue weighted by Crippen LogP contribution is -2.32. The minimum absolute atomic E-state index is 0.0186. The number of nitro groups is 1. The van der Waals surface area contributed by atoms with E-state index in [0.717, 1.165) is 0 Å². The Labute approximate surface area is 170 Å². The van der Waals surface area contributed by atoms with Crippen LogP contribution in [0.3, 0.4) is 0 Å². The van der Waals surface area contributed by atoms with Gasteiger partial charge in [-0.2, -0.15) is 0 Å². The van der Waals surface area contributed by atoms with E-state index in [4.69, 9.17) is 10.6 Å². The maximum Gasteiger partial charge on any atom is 0.310 e. The van der Waals surface area contributed by atoms with E-state index in [0.29, 0.717) is 29.2 Å². The molecule has 0 fully saturated rings. The van der Waals surface area contributed by atoms with E-state index in [1.807, 2.05) is 13.8 Å². The molecule has 0 bridgehead atoms. The summed E-state index contributed by atoms with van der Waals surface area (Å²) < 4.78 is 6.81. The van der Waals surface area contributed by atoms with Crippen LogP contribution >= 0.6 is 23.5 Å². The molecule has 1 heterocycles. The lowest BCUT2D eigenvalue weighted by atomic mass is 10.3. The third-order valence-electron chi connectivity index (χ3n) is 3.71. The summed E-state index contributed by atoms with van der Waals surface area (Å²) >= 11 is 2.54. The topological polar surface area (TPSA) is 129 Å². The van der Waals surface area contributed by atoms with Gasteiger partial charge in [0.15, 0.2) is 5.75 Å². The zero-order chi connectivity index (χ0) is 20.5. The van der Waals surface area contributed by atoms with Crippen molar-refractivity contribution in [3.05, 3.63) is 34.4 Å². The Morgan fingerprint density at radius 2 is 1.89 bits per heavy atom. The molecular weight excluding hydrogens is 404 g/mol. The molecule has 2 aromatic rings. The van der Waals surface area contributed by atoms with E-state index in [2.05, 4.69) is 10.2 Å². The number of amides is 1. The highest BCUT2D eigenvalue weighted by molar-refractivity contribution is 8.00. The van der Waals surface area contributed by atoms with E-state index in [-0.39, 0.29) is 29.7 Å². The third kappa shape index (κ3) is 5.76. The predicted octanol–water partition coefficient (Wildman–Crippen LogP) is 2.03. The lowest BCUT2D eigenvalue weighted by Gasteiger charge is -2.17. The molecule has 0 radical (unpaired) electrons. The Bertz CT molecular complexity index is 812. The number of ether oxygens (including phenoxy) is 1. The number of benzene rings is 1. The fourth-order valence-electron chi connectivity index (χ4n) is 2.27. The molecule has 28 heavy (non-hydrogen) atoms. The highest BCUT2D eigenvalue weighted by Gasteiger charge is 2.16. The molecule has 0 aliphatic rings. The van der Waals surface area contributed by atoms with E-state index in [9.17, 15) is 14.9 Å². The number of aromatic nitrogens is 3. The van der Waals surface area contributed by atoms with Crippen molar-refractivity contribution in [2.75, 3.05) is 37.0 Å². The van der Waals surface area contributed by atoms with E-state index in [1.54, 1.807) is 23.1 Å². The number of rotatable bonds is 11. The van der Waals surface area contributed by atoms with Crippen LogP contribution < -0.4 is 10.6 Å². The number of nitro benzene ring substituents is 1. The van der Waals surface area contributed by atoms with Crippen LogP contribution in [0.2, 0.25) is 0 Å². The van der Waals surface area contributed by atoms with E-state index in [1.165, 1.54) is 34.3 Å². The number of nitrogens with zero attached hydrogens (tertiary/aromatic N) is 5. The largest absolute Gasteiger partial charge is 0.486 e. The number of carbonyl (C=O) groups is 1. The van der Waals surface area contributed by atoms with Gasteiger partial charge in [-0.05, 0) is 19.9 Å². The first-order valence-electron chi connectivity index (χ1n) is 8.58. The van der Waals surface area contributed by atoms with E-state index < -0.39 is 4.92 Å². The molecule has 0 aliphatic carbocycles. The lowest BCUT2D eigenvalue weighted by molar-refractivity contribution is -0.385. The summed E-state index contributed by atoms with van der Waals surface area (Å²) in [6.07, 6.45) is 0. The SMILES string of the molecule is CCN(CC)C(=O)CSc1nnc(SCCOc2ccccc2[N+](=O)[O-])n1N. The fraction of sp³-hybridized carbons (Fsp3) is 0.438. The number of thioether (sulfide) groups is 2. The van der Waals surface area contributed by atoms with Gasteiger partial charge in [0.2, 0.25) is 16.2 Å². The van der Waals surface area contributed by atoms with Crippen molar-refractivity contribution in [2.24, 2.45) is 0 Å². The summed E-state index contributed by atoms with van der Waals surface area (Å²) in [7, 11) is 0. The number of carbonyl (C=O) groups excluding carboxylic acids is 1. The average molecular weight is 427 g/mol. The van der Waals surface area contributed by atoms with Gasteiger partial charge in [-0.1, -0.05) is 35.7 Å². The molecular formula is C16H22N6O4S2. The molecule has 0 unspecified atom stereocenters. The number of para-hydroxylation sites is 2. The van der Waals surface area contributed by atoms with Crippen LogP contribution in [0, 0.1) is 10.1 Å². The minimum atomic E-state index is -0.484. The Morgan fingerprint density at radius 1 is 1.25 bits per heavy atom. The van der Waals surface area contributed by atoms with Crippen molar-refractivity contribution in [2.45, 2.75) is 24.2 Å². The minimum Gasteiger partial charge on any atom is -0.486 e. The third-order valence-corrected chi connectivity index (χ3v) is 5.54. The van der Waals surface area contributed by atoms with Gasteiger partial charge in [0, 0.05) is 24.9 Å². The van der Waals surface area contributed by atoms with Crippen LogP contribution in [0.25, 0.3) is 0 Å². The zero-order valence-corrected chi connectivity index (χ0v) is 17.2. The summed E-state index contributed by atoms with van der Waals surface area (Å²) in [6, 6.07) is 6.20. The Morgan fingerprint density at radius 3 is 2.54 bits per heavy atom. The summed E-state index contributed by atoms with van der Waals surface area (Å²) in [5.41, 5.74) is -0.0777.